The van der Waals surface area contributed by atoms with Gasteiger partial charge < -0.3 is 0 Å². The number of ketones is 1. The van der Waals surface area contributed by atoms with Gasteiger partial charge in [0.15, 0.2) is 5.83 Å². The zero-order valence-corrected chi connectivity index (χ0v) is 9.81. The van der Waals surface area contributed by atoms with Gasteiger partial charge in [0, 0.05) is 5.22 Å². The largest absolute Gasteiger partial charge is 0.289 e. The summed E-state index contributed by atoms with van der Waals surface area (Å²) < 4.78 is 27.2. The number of benzene rings is 2. The van der Waals surface area contributed by atoms with Crippen molar-refractivity contribution in [2.24, 2.45) is 4.99 Å². The summed E-state index contributed by atoms with van der Waals surface area (Å²) >= 11 is 0. The van der Waals surface area contributed by atoms with Crippen molar-refractivity contribution in [2.75, 3.05) is 0 Å². The lowest BCUT2D eigenvalue weighted by Crippen LogP contribution is -2.35. The number of halogens is 2. The van der Waals surface area contributed by atoms with Gasteiger partial charge in [-0.3, -0.25) is 9.79 Å². The van der Waals surface area contributed by atoms with E-state index in [2.05, 4.69) is 4.99 Å². The molecule has 1 unspecified atom stereocenters. The molecule has 2 aromatic rings. The molecule has 2 aromatic carbocycles. The molecule has 94 valence electrons. The summed E-state index contributed by atoms with van der Waals surface area (Å²) in [5.41, 5.74) is 0.356. The van der Waals surface area contributed by atoms with Crippen LogP contribution in [0.1, 0.15) is 11.6 Å². The number of hydrogen-bond acceptors (Lipinski definition) is 2. The van der Waals surface area contributed by atoms with E-state index in [4.69, 9.17) is 0 Å². The number of para-hydroxylation sites is 1. The molecule has 0 aromatic heterocycles. The first-order valence-corrected chi connectivity index (χ1v) is 5.79. The predicted octanol–water partition coefficient (Wildman–Crippen LogP) is 1.85. The minimum atomic E-state index is -1.01. The standard InChI is InChI=1S/C15H9F2NO/c16-10-5-3-4-9(8-10)14-15(19)13(17)11-6-1-2-7-12(11)18-14/h1-8,14H. The van der Waals surface area contributed by atoms with Gasteiger partial charge in [-0.25, -0.2) is 8.78 Å². The van der Waals surface area contributed by atoms with Gasteiger partial charge in [0.05, 0.1) is 5.36 Å². The first kappa shape index (κ1) is 11.7. The van der Waals surface area contributed by atoms with Crippen molar-refractivity contribution in [3.05, 3.63) is 70.5 Å². The Labute approximate surface area is 107 Å². The lowest BCUT2D eigenvalue weighted by molar-refractivity contribution is -0.116. The zero-order valence-electron chi connectivity index (χ0n) is 9.81. The molecule has 0 radical (unpaired) electrons. The molecule has 4 heteroatoms. The monoisotopic (exact) mass is 257 g/mol. The predicted molar refractivity (Wildman–Crippen MR) is 65.9 cm³/mol. The average molecular weight is 257 g/mol. The Hall–Kier alpha value is -2.36. The van der Waals surface area contributed by atoms with Crippen LogP contribution in [0.15, 0.2) is 53.5 Å². The van der Waals surface area contributed by atoms with Crippen LogP contribution in [0.4, 0.5) is 8.78 Å². The maximum atomic E-state index is 14.0. The summed E-state index contributed by atoms with van der Waals surface area (Å²) in [4.78, 5) is 16.2. The Kier molecular flexibility index (Phi) is 2.71. The van der Waals surface area contributed by atoms with Crippen molar-refractivity contribution in [3.8, 4) is 0 Å². The quantitative estimate of drug-likeness (QED) is 0.766. The molecule has 0 amide bonds. The number of fused-ring (bicyclic) bond motifs is 1. The highest BCUT2D eigenvalue weighted by molar-refractivity contribution is 6.15. The fourth-order valence-electron chi connectivity index (χ4n) is 2.12. The van der Waals surface area contributed by atoms with Crippen LogP contribution in [0.3, 0.4) is 0 Å². The maximum Gasteiger partial charge on any atom is 0.220 e. The van der Waals surface area contributed by atoms with E-state index in [-0.39, 0.29) is 5.22 Å². The molecular weight excluding hydrogens is 248 g/mol. The third-order valence-electron chi connectivity index (χ3n) is 3.04. The van der Waals surface area contributed by atoms with Crippen LogP contribution < -0.4 is 10.6 Å². The summed E-state index contributed by atoms with van der Waals surface area (Å²) in [6.07, 6.45) is 0. The first-order valence-electron chi connectivity index (χ1n) is 5.79. The van der Waals surface area contributed by atoms with Gasteiger partial charge in [-0.15, -0.1) is 0 Å². The van der Waals surface area contributed by atoms with Gasteiger partial charge in [-0.05, 0) is 29.8 Å². The van der Waals surface area contributed by atoms with Gasteiger partial charge in [0.25, 0.3) is 0 Å². The number of carbonyl (C=O) groups excluding carboxylic acids is 1. The van der Waals surface area contributed by atoms with Gasteiger partial charge in [-0.1, -0.05) is 24.3 Å². The zero-order chi connectivity index (χ0) is 13.4. The molecule has 0 bridgehead atoms. The van der Waals surface area contributed by atoms with E-state index >= 15 is 0 Å². The molecule has 0 spiro atoms. The van der Waals surface area contributed by atoms with E-state index in [0.717, 1.165) is 0 Å². The number of Topliss-reactive ketones (excluding diaryl/α,β-unsaturated/α-hetero) is 1. The normalized spacial score (nSPS) is 17.9. The second-order valence-corrected chi connectivity index (χ2v) is 4.28. The average Bonchev–Trinajstić information content (AvgIpc) is 2.43. The lowest BCUT2D eigenvalue weighted by atomic mass is 9.99. The third kappa shape index (κ3) is 1.95. The highest BCUT2D eigenvalue weighted by Crippen LogP contribution is 2.24. The topological polar surface area (TPSA) is 29.4 Å². The van der Waals surface area contributed by atoms with Crippen LogP contribution in [0.2, 0.25) is 0 Å². The van der Waals surface area contributed by atoms with Crippen LogP contribution in [0, 0.1) is 5.82 Å². The molecule has 0 fully saturated rings. The van der Waals surface area contributed by atoms with Crippen LogP contribution in [0.25, 0.3) is 5.83 Å². The van der Waals surface area contributed by atoms with Crippen molar-refractivity contribution >= 4 is 11.6 Å². The van der Waals surface area contributed by atoms with Crippen LogP contribution >= 0.6 is 0 Å². The highest BCUT2D eigenvalue weighted by atomic mass is 19.1. The Morgan fingerprint density at radius 3 is 2.58 bits per heavy atom. The van der Waals surface area contributed by atoms with Gasteiger partial charge in [0.2, 0.25) is 5.78 Å². The summed E-state index contributed by atoms with van der Waals surface area (Å²) in [6, 6.07) is 11.0. The second kappa shape index (κ2) is 4.39. The van der Waals surface area contributed by atoms with E-state index in [9.17, 15) is 13.6 Å². The third-order valence-corrected chi connectivity index (χ3v) is 3.04. The molecule has 1 aliphatic rings. The number of rotatable bonds is 1. The fourth-order valence-corrected chi connectivity index (χ4v) is 2.12. The highest BCUT2D eigenvalue weighted by Gasteiger charge is 2.27. The molecular formula is C15H9F2NO. The van der Waals surface area contributed by atoms with Crippen molar-refractivity contribution < 1.29 is 13.6 Å². The van der Waals surface area contributed by atoms with E-state index in [1.54, 1.807) is 24.3 Å². The van der Waals surface area contributed by atoms with E-state index in [1.807, 2.05) is 0 Å². The van der Waals surface area contributed by atoms with E-state index in [1.165, 1.54) is 24.3 Å². The smallest absolute Gasteiger partial charge is 0.220 e. The van der Waals surface area contributed by atoms with E-state index < -0.39 is 23.5 Å². The van der Waals surface area contributed by atoms with Gasteiger partial charge in [0.1, 0.15) is 11.9 Å². The Morgan fingerprint density at radius 1 is 1.00 bits per heavy atom. The number of carbonyl (C=O) groups is 1. The Balaban J connectivity index is 2.22. The molecule has 1 heterocycles. The summed E-state index contributed by atoms with van der Waals surface area (Å²) in [5.74, 6) is -2.02. The number of hydrogen-bond donors (Lipinski definition) is 0. The Bertz CT molecular complexity index is 783. The molecule has 19 heavy (non-hydrogen) atoms. The minimum absolute atomic E-state index is 0.195. The lowest BCUT2D eigenvalue weighted by Gasteiger charge is -2.14. The molecule has 0 N–H and O–H groups in total. The maximum absolute atomic E-state index is 14.0. The molecule has 0 aliphatic carbocycles. The molecule has 0 saturated heterocycles. The minimum Gasteiger partial charge on any atom is -0.289 e. The summed E-state index contributed by atoms with van der Waals surface area (Å²) in [5, 5.41) is 0.606. The van der Waals surface area contributed by atoms with E-state index in [0.29, 0.717) is 10.9 Å². The van der Waals surface area contributed by atoms with Crippen molar-refractivity contribution in [3.63, 3.8) is 0 Å². The number of nitrogens with zero attached hydrogens (tertiary/aromatic N) is 1. The molecule has 1 aliphatic heterocycles. The molecule has 0 saturated carbocycles. The second-order valence-electron chi connectivity index (χ2n) is 4.28. The molecule has 3 rings (SSSR count). The van der Waals surface area contributed by atoms with Crippen LogP contribution in [0.5, 0.6) is 0 Å². The summed E-state index contributed by atoms with van der Waals surface area (Å²) in [7, 11) is 0. The van der Waals surface area contributed by atoms with Crippen LogP contribution in [-0.4, -0.2) is 5.78 Å². The molecule has 1 atom stereocenters. The van der Waals surface area contributed by atoms with Crippen molar-refractivity contribution in [1.29, 1.82) is 0 Å². The van der Waals surface area contributed by atoms with Crippen molar-refractivity contribution in [1.82, 2.24) is 0 Å². The summed E-state index contributed by atoms with van der Waals surface area (Å²) in [6.45, 7) is 0. The fraction of sp³-hybridized carbons (Fsp3) is 0.0667. The Morgan fingerprint density at radius 2 is 1.79 bits per heavy atom. The van der Waals surface area contributed by atoms with Crippen LogP contribution in [-0.2, 0) is 4.79 Å². The van der Waals surface area contributed by atoms with Crippen molar-refractivity contribution in [2.45, 2.75) is 6.04 Å². The van der Waals surface area contributed by atoms with Gasteiger partial charge >= 0.3 is 0 Å². The SMILES string of the molecule is O=C1C(F)=c2ccccc2=NC1c1cccc(F)c1. The molecule has 2 nitrogen and oxygen atoms in total. The first-order chi connectivity index (χ1) is 9.16. The van der Waals surface area contributed by atoms with Gasteiger partial charge in [-0.2, -0.15) is 0 Å².